The van der Waals surface area contributed by atoms with Crippen LogP contribution in [0.5, 0.6) is 0 Å². The summed E-state index contributed by atoms with van der Waals surface area (Å²) >= 11 is 0. The van der Waals surface area contributed by atoms with E-state index < -0.39 is 0 Å². The van der Waals surface area contributed by atoms with Crippen LogP contribution in [0.25, 0.3) is 0 Å². The van der Waals surface area contributed by atoms with Gasteiger partial charge in [0.1, 0.15) is 12.2 Å². The topological polar surface area (TPSA) is 30.7 Å². The Kier molecular flexibility index (Phi) is 4.64. The van der Waals surface area contributed by atoms with Crippen LogP contribution in [0.4, 0.5) is 0 Å². The zero-order valence-electron chi connectivity index (χ0n) is 13.0. The Morgan fingerprint density at radius 1 is 1.21 bits per heavy atom. The first-order valence-electron chi connectivity index (χ1n) is 7.92. The van der Waals surface area contributed by atoms with Gasteiger partial charge in [-0.1, -0.05) is 26.2 Å². The number of hydrogen-bond acceptors (Lipinski definition) is 2. The van der Waals surface area contributed by atoms with Crippen LogP contribution in [0.1, 0.15) is 84.4 Å². The van der Waals surface area contributed by atoms with Gasteiger partial charge in [-0.05, 0) is 52.4 Å². The fraction of sp³-hybridized carbons (Fsp3) is 0.875. The highest BCUT2D eigenvalue weighted by molar-refractivity contribution is 5.01. The molecule has 2 rings (SSSR count). The highest BCUT2D eigenvalue weighted by atomic mass is 15.3. The molecule has 1 saturated carbocycles. The maximum absolute atomic E-state index is 4.41. The van der Waals surface area contributed by atoms with Crippen molar-refractivity contribution in [1.29, 1.82) is 0 Å². The molecule has 0 atom stereocenters. The molecule has 1 aromatic rings. The van der Waals surface area contributed by atoms with Crippen molar-refractivity contribution < 1.29 is 0 Å². The lowest BCUT2D eigenvalue weighted by Gasteiger charge is -2.31. The average Bonchev–Trinajstić information content (AvgIpc) is 2.86. The van der Waals surface area contributed by atoms with Crippen molar-refractivity contribution in [3.05, 3.63) is 12.2 Å². The number of hydrogen-bond donors (Lipinski definition) is 0. The molecule has 0 radical (unpaired) electrons. The van der Waals surface area contributed by atoms with E-state index in [1.807, 2.05) is 6.33 Å². The average molecular weight is 263 g/mol. The van der Waals surface area contributed by atoms with E-state index in [4.69, 9.17) is 0 Å². The molecule has 0 aromatic carbocycles. The summed E-state index contributed by atoms with van der Waals surface area (Å²) < 4.78 is 2.27. The summed E-state index contributed by atoms with van der Waals surface area (Å²) in [6.07, 6.45) is 11.4. The predicted octanol–water partition coefficient (Wildman–Crippen LogP) is 4.50. The Hall–Kier alpha value is -0.860. The van der Waals surface area contributed by atoms with Crippen LogP contribution in [0.3, 0.4) is 0 Å². The molecule has 0 unspecified atom stereocenters. The zero-order valence-corrected chi connectivity index (χ0v) is 13.0. The summed E-state index contributed by atoms with van der Waals surface area (Å²) in [5, 5.41) is 8.55. The summed E-state index contributed by atoms with van der Waals surface area (Å²) in [6.45, 7) is 8.98. The van der Waals surface area contributed by atoms with Crippen LogP contribution < -0.4 is 0 Å². The first-order chi connectivity index (χ1) is 9.02. The zero-order chi connectivity index (χ0) is 13.9. The molecule has 3 heteroatoms. The van der Waals surface area contributed by atoms with Crippen molar-refractivity contribution in [2.75, 3.05) is 0 Å². The third-order valence-electron chi connectivity index (χ3n) is 4.47. The highest BCUT2D eigenvalue weighted by Gasteiger charge is 2.28. The molecule has 0 amide bonds. The van der Waals surface area contributed by atoms with Crippen LogP contribution in [0, 0.1) is 5.92 Å². The quantitative estimate of drug-likeness (QED) is 0.801. The smallest absolute Gasteiger partial charge is 0.136 e. The van der Waals surface area contributed by atoms with Gasteiger partial charge in [-0.3, -0.25) is 0 Å². The molecule has 0 bridgehead atoms. The van der Waals surface area contributed by atoms with Crippen LogP contribution in [-0.2, 0) is 5.54 Å². The van der Waals surface area contributed by atoms with Crippen molar-refractivity contribution in [2.45, 2.75) is 84.1 Å². The van der Waals surface area contributed by atoms with E-state index in [1.165, 1.54) is 50.8 Å². The van der Waals surface area contributed by atoms with Gasteiger partial charge in [0.25, 0.3) is 0 Å². The molecule has 1 heterocycles. The fourth-order valence-corrected chi connectivity index (χ4v) is 3.24. The van der Waals surface area contributed by atoms with Crippen molar-refractivity contribution in [3.8, 4) is 0 Å². The normalized spacial score (nSPS) is 24.6. The van der Waals surface area contributed by atoms with E-state index in [1.54, 1.807) is 0 Å². The second-order valence-corrected chi connectivity index (χ2v) is 7.09. The molecule has 1 fully saturated rings. The van der Waals surface area contributed by atoms with Crippen molar-refractivity contribution in [2.24, 2.45) is 5.92 Å². The number of aromatic nitrogens is 3. The summed E-state index contributed by atoms with van der Waals surface area (Å²) in [4.78, 5) is 0. The molecule has 1 aromatic heterocycles. The minimum Gasteiger partial charge on any atom is -0.312 e. The third kappa shape index (κ3) is 3.58. The Balaban J connectivity index is 1.97. The first-order valence-corrected chi connectivity index (χ1v) is 7.92. The SMILES string of the molecule is CCCCC1CCC(c2nncn2C(C)(C)C)CC1. The molecule has 1 aliphatic rings. The molecule has 108 valence electrons. The van der Waals surface area contributed by atoms with Gasteiger partial charge >= 0.3 is 0 Å². The van der Waals surface area contributed by atoms with Gasteiger partial charge in [-0.15, -0.1) is 10.2 Å². The monoisotopic (exact) mass is 263 g/mol. The van der Waals surface area contributed by atoms with E-state index in [9.17, 15) is 0 Å². The van der Waals surface area contributed by atoms with Crippen molar-refractivity contribution >= 4 is 0 Å². The Bertz CT molecular complexity index is 381. The summed E-state index contributed by atoms with van der Waals surface area (Å²) in [5.41, 5.74) is 0.0951. The van der Waals surface area contributed by atoms with E-state index in [2.05, 4.69) is 42.5 Å². The maximum Gasteiger partial charge on any atom is 0.136 e. The van der Waals surface area contributed by atoms with Gasteiger partial charge in [-0.25, -0.2) is 0 Å². The third-order valence-corrected chi connectivity index (χ3v) is 4.47. The molecule has 0 saturated heterocycles. The van der Waals surface area contributed by atoms with Crippen LogP contribution >= 0.6 is 0 Å². The van der Waals surface area contributed by atoms with Gasteiger partial charge < -0.3 is 4.57 Å². The second-order valence-electron chi connectivity index (χ2n) is 7.09. The lowest BCUT2D eigenvalue weighted by molar-refractivity contribution is 0.282. The first kappa shape index (κ1) is 14.5. The van der Waals surface area contributed by atoms with E-state index in [0.717, 1.165) is 5.92 Å². The number of rotatable bonds is 4. The fourth-order valence-electron chi connectivity index (χ4n) is 3.24. The highest BCUT2D eigenvalue weighted by Crippen LogP contribution is 2.37. The van der Waals surface area contributed by atoms with E-state index in [0.29, 0.717) is 5.92 Å². The van der Waals surface area contributed by atoms with Crippen LogP contribution in [-0.4, -0.2) is 14.8 Å². The number of nitrogens with zero attached hydrogens (tertiary/aromatic N) is 3. The minimum absolute atomic E-state index is 0.0951. The van der Waals surface area contributed by atoms with Gasteiger partial charge in [0.15, 0.2) is 0 Å². The molecular weight excluding hydrogens is 234 g/mol. The van der Waals surface area contributed by atoms with Crippen molar-refractivity contribution in [1.82, 2.24) is 14.8 Å². The van der Waals surface area contributed by atoms with Crippen LogP contribution in [0.15, 0.2) is 6.33 Å². The molecule has 3 nitrogen and oxygen atoms in total. The molecule has 0 aliphatic heterocycles. The summed E-state index contributed by atoms with van der Waals surface area (Å²) in [7, 11) is 0. The van der Waals surface area contributed by atoms with Gasteiger partial charge in [0.2, 0.25) is 0 Å². The second kappa shape index (κ2) is 6.06. The Morgan fingerprint density at radius 3 is 2.47 bits per heavy atom. The Labute approximate surface area is 117 Å². The lowest BCUT2D eigenvalue weighted by atomic mass is 9.79. The Morgan fingerprint density at radius 2 is 1.89 bits per heavy atom. The molecule has 19 heavy (non-hydrogen) atoms. The van der Waals surface area contributed by atoms with E-state index in [-0.39, 0.29) is 5.54 Å². The molecule has 1 aliphatic carbocycles. The maximum atomic E-state index is 4.41. The minimum atomic E-state index is 0.0951. The standard InChI is InChI=1S/C16H29N3/c1-5-6-7-13-8-10-14(11-9-13)15-18-17-12-19(15)16(2,3)4/h12-14H,5-11H2,1-4H3. The van der Waals surface area contributed by atoms with Crippen molar-refractivity contribution in [3.63, 3.8) is 0 Å². The molecular formula is C16H29N3. The largest absolute Gasteiger partial charge is 0.312 e. The molecule has 0 spiro atoms. The van der Waals surface area contributed by atoms with Crippen LogP contribution in [0.2, 0.25) is 0 Å². The van der Waals surface area contributed by atoms with Gasteiger partial charge in [0, 0.05) is 11.5 Å². The van der Waals surface area contributed by atoms with E-state index >= 15 is 0 Å². The summed E-state index contributed by atoms with van der Waals surface area (Å²) in [5.74, 6) is 2.79. The predicted molar refractivity (Wildman–Crippen MR) is 79.2 cm³/mol. The number of unbranched alkanes of at least 4 members (excludes halogenated alkanes) is 1. The lowest BCUT2D eigenvalue weighted by Crippen LogP contribution is -2.26. The van der Waals surface area contributed by atoms with Gasteiger partial charge in [0.05, 0.1) is 0 Å². The summed E-state index contributed by atoms with van der Waals surface area (Å²) in [6, 6.07) is 0. The van der Waals surface area contributed by atoms with Gasteiger partial charge in [-0.2, -0.15) is 0 Å². The molecule has 0 N–H and O–H groups in total.